The van der Waals surface area contributed by atoms with Crippen LogP contribution in [0.5, 0.6) is 0 Å². The van der Waals surface area contributed by atoms with Crippen molar-refractivity contribution in [1.29, 1.82) is 0 Å². The first-order chi connectivity index (χ1) is 7.25. The lowest BCUT2D eigenvalue weighted by Gasteiger charge is -2.17. The van der Waals surface area contributed by atoms with E-state index >= 15 is 0 Å². The maximum absolute atomic E-state index is 12.4. The second-order valence-corrected chi connectivity index (χ2v) is 4.31. The number of ether oxygens (including phenoxy) is 1. The molecule has 0 saturated carbocycles. The summed E-state index contributed by atoms with van der Waals surface area (Å²) in [4.78, 5) is 0. The van der Waals surface area contributed by atoms with Crippen LogP contribution >= 0.6 is 0 Å². The quantitative estimate of drug-likeness (QED) is 0.667. The summed E-state index contributed by atoms with van der Waals surface area (Å²) in [6, 6.07) is -0.379. The summed E-state index contributed by atoms with van der Waals surface area (Å²) in [5, 5.41) is 0. The van der Waals surface area contributed by atoms with E-state index < -0.39 is 19.0 Å². The van der Waals surface area contributed by atoms with Gasteiger partial charge in [0.1, 0.15) is 6.61 Å². The fourth-order valence-corrected chi connectivity index (χ4v) is 1.04. The molecular formula is C10H19F4NO. The van der Waals surface area contributed by atoms with Crippen LogP contribution in [0.2, 0.25) is 0 Å². The Bertz CT molecular complexity index is 188. The maximum Gasteiger partial charge on any atom is 0.330 e. The van der Waals surface area contributed by atoms with Crippen molar-refractivity contribution in [2.24, 2.45) is 11.7 Å². The topological polar surface area (TPSA) is 35.2 Å². The van der Waals surface area contributed by atoms with Crippen LogP contribution in [0.15, 0.2) is 0 Å². The lowest BCUT2D eigenvalue weighted by Crippen LogP contribution is -2.35. The average molecular weight is 245 g/mol. The van der Waals surface area contributed by atoms with Crippen molar-refractivity contribution in [1.82, 2.24) is 0 Å². The van der Waals surface area contributed by atoms with Gasteiger partial charge >= 0.3 is 12.3 Å². The van der Waals surface area contributed by atoms with Crippen molar-refractivity contribution < 1.29 is 22.3 Å². The summed E-state index contributed by atoms with van der Waals surface area (Å²) in [7, 11) is 0. The molecule has 2 N–H and O–H groups in total. The molecule has 0 radical (unpaired) electrons. The summed E-state index contributed by atoms with van der Waals surface area (Å²) in [6.07, 6.45) is -2.20. The minimum atomic E-state index is -4.09. The number of rotatable bonds is 8. The van der Waals surface area contributed by atoms with Crippen LogP contribution in [0.4, 0.5) is 17.6 Å². The SMILES string of the molecule is CC(C)CCC(N)COCC(F)(F)C(F)F. The summed E-state index contributed by atoms with van der Waals surface area (Å²) in [6.45, 7) is 2.63. The van der Waals surface area contributed by atoms with E-state index in [-0.39, 0.29) is 12.6 Å². The number of hydrogen-bond donors (Lipinski definition) is 1. The van der Waals surface area contributed by atoms with Gasteiger partial charge in [-0.25, -0.2) is 8.78 Å². The highest BCUT2D eigenvalue weighted by Gasteiger charge is 2.40. The molecule has 0 aromatic heterocycles. The van der Waals surface area contributed by atoms with Crippen LogP contribution in [0.1, 0.15) is 26.7 Å². The molecule has 0 heterocycles. The summed E-state index contributed by atoms with van der Waals surface area (Å²) < 4.78 is 52.7. The third kappa shape index (κ3) is 7.00. The molecule has 2 nitrogen and oxygen atoms in total. The highest BCUT2D eigenvalue weighted by Crippen LogP contribution is 2.22. The Morgan fingerprint density at radius 2 is 1.75 bits per heavy atom. The van der Waals surface area contributed by atoms with Gasteiger partial charge in [-0.3, -0.25) is 0 Å². The Kier molecular flexibility index (Phi) is 6.90. The smallest absolute Gasteiger partial charge is 0.330 e. The van der Waals surface area contributed by atoms with Gasteiger partial charge in [-0.15, -0.1) is 0 Å². The number of hydrogen-bond acceptors (Lipinski definition) is 2. The summed E-state index contributed by atoms with van der Waals surface area (Å²) in [5.74, 6) is -3.62. The Morgan fingerprint density at radius 3 is 2.19 bits per heavy atom. The van der Waals surface area contributed by atoms with Gasteiger partial charge < -0.3 is 10.5 Å². The van der Waals surface area contributed by atoms with E-state index in [2.05, 4.69) is 4.74 Å². The van der Waals surface area contributed by atoms with Crippen molar-refractivity contribution in [3.63, 3.8) is 0 Å². The zero-order chi connectivity index (χ0) is 12.8. The molecule has 0 aromatic carbocycles. The van der Waals surface area contributed by atoms with Crippen LogP contribution in [-0.2, 0) is 4.74 Å². The largest absolute Gasteiger partial charge is 0.373 e. The van der Waals surface area contributed by atoms with E-state index in [1.165, 1.54) is 0 Å². The Balaban J connectivity index is 3.65. The minimum Gasteiger partial charge on any atom is -0.373 e. The molecule has 0 aliphatic carbocycles. The number of alkyl halides is 4. The maximum atomic E-state index is 12.4. The molecule has 0 spiro atoms. The van der Waals surface area contributed by atoms with Gasteiger partial charge in [0.2, 0.25) is 0 Å². The summed E-state index contributed by atoms with van der Waals surface area (Å²) >= 11 is 0. The molecule has 0 bridgehead atoms. The molecule has 0 aliphatic heterocycles. The first kappa shape index (κ1) is 15.6. The molecule has 0 aliphatic rings. The van der Waals surface area contributed by atoms with E-state index in [0.717, 1.165) is 6.42 Å². The molecule has 98 valence electrons. The van der Waals surface area contributed by atoms with Gasteiger partial charge in [0.15, 0.2) is 0 Å². The normalized spacial score (nSPS) is 14.8. The minimum absolute atomic E-state index is 0.116. The predicted octanol–water partition coefficient (Wildman–Crippen LogP) is 2.67. The molecule has 0 rings (SSSR count). The Hall–Kier alpha value is -0.360. The van der Waals surface area contributed by atoms with Crippen LogP contribution in [0.25, 0.3) is 0 Å². The molecule has 0 amide bonds. The molecule has 1 unspecified atom stereocenters. The standard InChI is InChI=1S/C10H19F4NO/c1-7(2)3-4-8(15)5-16-6-10(13,14)9(11)12/h7-9H,3-6,15H2,1-2H3. The molecule has 16 heavy (non-hydrogen) atoms. The first-order valence-corrected chi connectivity index (χ1v) is 5.25. The molecule has 0 saturated heterocycles. The lowest BCUT2D eigenvalue weighted by atomic mass is 10.0. The monoisotopic (exact) mass is 245 g/mol. The van der Waals surface area contributed by atoms with E-state index in [0.29, 0.717) is 12.3 Å². The number of halogens is 4. The highest BCUT2D eigenvalue weighted by atomic mass is 19.3. The lowest BCUT2D eigenvalue weighted by molar-refractivity contribution is -0.166. The van der Waals surface area contributed by atoms with Crippen molar-refractivity contribution in [3.05, 3.63) is 0 Å². The zero-order valence-electron chi connectivity index (χ0n) is 9.56. The van der Waals surface area contributed by atoms with Gasteiger partial charge in [0.05, 0.1) is 6.61 Å². The fraction of sp³-hybridized carbons (Fsp3) is 1.00. The first-order valence-electron chi connectivity index (χ1n) is 5.25. The summed E-state index contributed by atoms with van der Waals surface area (Å²) in [5.41, 5.74) is 5.57. The van der Waals surface area contributed by atoms with Crippen LogP contribution in [0.3, 0.4) is 0 Å². The van der Waals surface area contributed by atoms with Crippen molar-refractivity contribution in [2.45, 2.75) is 45.1 Å². The van der Waals surface area contributed by atoms with Gasteiger partial charge in [0.25, 0.3) is 0 Å². The molecule has 6 heteroatoms. The van der Waals surface area contributed by atoms with Gasteiger partial charge in [0, 0.05) is 6.04 Å². The molecular weight excluding hydrogens is 226 g/mol. The van der Waals surface area contributed by atoms with Crippen LogP contribution in [0, 0.1) is 5.92 Å². The van der Waals surface area contributed by atoms with Gasteiger partial charge in [-0.1, -0.05) is 13.8 Å². The third-order valence-electron chi connectivity index (χ3n) is 2.06. The van der Waals surface area contributed by atoms with Gasteiger partial charge in [-0.2, -0.15) is 8.78 Å². The number of nitrogens with two attached hydrogens (primary N) is 1. The fourth-order valence-electron chi connectivity index (χ4n) is 1.04. The molecule has 1 atom stereocenters. The average Bonchev–Trinajstić information content (AvgIpc) is 2.14. The van der Waals surface area contributed by atoms with E-state index in [4.69, 9.17) is 5.73 Å². The third-order valence-corrected chi connectivity index (χ3v) is 2.06. The molecule has 0 aromatic rings. The Morgan fingerprint density at radius 1 is 1.19 bits per heavy atom. The van der Waals surface area contributed by atoms with E-state index in [1.807, 2.05) is 13.8 Å². The second-order valence-electron chi connectivity index (χ2n) is 4.31. The van der Waals surface area contributed by atoms with Crippen molar-refractivity contribution in [2.75, 3.05) is 13.2 Å². The van der Waals surface area contributed by atoms with Crippen LogP contribution in [-0.4, -0.2) is 31.6 Å². The van der Waals surface area contributed by atoms with E-state index in [9.17, 15) is 17.6 Å². The van der Waals surface area contributed by atoms with Crippen molar-refractivity contribution in [3.8, 4) is 0 Å². The van der Waals surface area contributed by atoms with Crippen LogP contribution < -0.4 is 5.73 Å². The van der Waals surface area contributed by atoms with Gasteiger partial charge in [-0.05, 0) is 18.8 Å². The zero-order valence-corrected chi connectivity index (χ0v) is 9.56. The highest BCUT2D eigenvalue weighted by molar-refractivity contribution is 4.69. The Labute approximate surface area is 93.1 Å². The predicted molar refractivity (Wildman–Crippen MR) is 53.8 cm³/mol. The molecule has 0 fully saturated rings. The second kappa shape index (κ2) is 7.06. The van der Waals surface area contributed by atoms with E-state index in [1.54, 1.807) is 0 Å². The van der Waals surface area contributed by atoms with Crippen molar-refractivity contribution >= 4 is 0 Å².